The molecule has 0 saturated heterocycles. The summed E-state index contributed by atoms with van der Waals surface area (Å²) in [5, 5.41) is 13.2. The Morgan fingerprint density at radius 3 is 2.40 bits per heavy atom. The lowest BCUT2D eigenvalue weighted by molar-refractivity contribution is 0.104. The lowest BCUT2D eigenvalue weighted by Gasteiger charge is -2.16. The van der Waals surface area contributed by atoms with E-state index >= 15 is 0 Å². The number of aliphatic hydroxyl groups excluding tert-OH is 1. The summed E-state index contributed by atoms with van der Waals surface area (Å²) in [7, 11) is 1.63. The first-order valence-electron chi connectivity index (χ1n) is 6.96. The number of nitrogens with one attached hydrogen (secondary N) is 1. The second-order valence-corrected chi connectivity index (χ2v) is 5.03. The molecular formula is C15H24ClNO3. The maximum absolute atomic E-state index is 9.86. The lowest BCUT2D eigenvalue weighted by Crippen LogP contribution is -2.36. The molecule has 0 spiro atoms. The van der Waals surface area contributed by atoms with E-state index in [1.54, 1.807) is 7.11 Å². The van der Waals surface area contributed by atoms with E-state index in [0.29, 0.717) is 19.2 Å². The van der Waals surface area contributed by atoms with Crippen molar-refractivity contribution in [3.8, 4) is 11.5 Å². The SMILES string of the molecule is COc1ccc(OCC(O)CNC2CCCC2)cc1.Cl. The smallest absolute Gasteiger partial charge is 0.119 e. The third-order valence-electron chi connectivity index (χ3n) is 3.50. The molecule has 0 bridgehead atoms. The van der Waals surface area contributed by atoms with E-state index in [0.717, 1.165) is 11.5 Å². The first-order chi connectivity index (χ1) is 9.28. The van der Waals surface area contributed by atoms with Crippen molar-refractivity contribution in [1.82, 2.24) is 5.32 Å². The van der Waals surface area contributed by atoms with Crippen molar-refractivity contribution in [3.63, 3.8) is 0 Å². The minimum atomic E-state index is -0.470. The van der Waals surface area contributed by atoms with Crippen molar-refractivity contribution in [3.05, 3.63) is 24.3 Å². The van der Waals surface area contributed by atoms with Crippen LogP contribution in [0.2, 0.25) is 0 Å². The van der Waals surface area contributed by atoms with Gasteiger partial charge in [-0.1, -0.05) is 12.8 Å². The van der Waals surface area contributed by atoms with E-state index in [4.69, 9.17) is 9.47 Å². The normalized spacial score (nSPS) is 16.5. The van der Waals surface area contributed by atoms with Crippen LogP contribution in [0.25, 0.3) is 0 Å². The summed E-state index contributed by atoms with van der Waals surface area (Å²) in [5.41, 5.74) is 0. The van der Waals surface area contributed by atoms with Crippen LogP contribution >= 0.6 is 12.4 Å². The molecule has 0 amide bonds. The van der Waals surface area contributed by atoms with Gasteiger partial charge in [0.2, 0.25) is 0 Å². The average Bonchev–Trinajstić information content (AvgIpc) is 2.96. The molecule has 0 aromatic heterocycles. The molecule has 2 N–H and O–H groups in total. The zero-order valence-electron chi connectivity index (χ0n) is 11.9. The van der Waals surface area contributed by atoms with E-state index < -0.39 is 6.10 Å². The van der Waals surface area contributed by atoms with Crippen LogP contribution < -0.4 is 14.8 Å². The van der Waals surface area contributed by atoms with Crippen LogP contribution in [0.15, 0.2) is 24.3 Å². The van der Waals surface area contributed by atoms with Crippen molar-refractivity contribution < 1.29 is 14.6 Å². The van der Waals surface area contributed by atoms with Gasteiger partial charge in [0.05, 0.1) is 7.11 Å². The molecule has 1 aliphatic rings. The first kappa shape index (κ1) is 17.1. The van der Waals surface area contributed by atoms with E-state index in [-0.39, 0.29) is 12.4 Å². The highest BCUT2D eigenvalue weighted by Crippen LogP contribution is 2.18. The van der Waals surface area contributed by atoms with E-state index in [1.807, 2.05) is 24.3 Å². The number of hydrogen-bond acceptors (Lipinski definition) is 4. The molecule has 114 valence electrons. The van der Waals surface area contributed by atoms with Crippen LogP contribution in [0.1, 0.15) is 25.7 Å². The molecule has 0 radical (unpaired) electrons. The minimum absolute atomic E-state index is 0. The predicted molar refractivity (Wildman–Crippen MR) is 82.0 cm³/mol. The molecule has 5 heteroatoms. The molecule has 0 heterocycles. The van der Waals surface area contributed by atoms with Gasteiger partial charge in [-0.25, -0.2) is 0 Å². The Kier molecular flexibility index (Phi) is 7.73. The van der Waals surface area contributed by atoms with Crippen LogP contribution in [0, 0.1) is 0 Å². The van der Waals surface area contributed by atoms with Gasteiger partial charge < -0.3 is 19.9 Å². The number of aliphatic hydroxyl groups is 1. The van der Waals surface area contributed by atoms with E-state index in [2.05, 4.69) is 5.32 Å². The number of rotatable bonds is 7. The minimum Gasteiger partial charge on any atom is -0.497 e. The number of benzene rings is 1. The van der Waals surface area contributed by atoms with Gasteiger partial charge in [0.25, 0.3) is 0 Å². The Labute approximate surface area is 126 Å². The average molecular weight is 302 g/mol. The van der Waals surface area contributed by atoms with Crippen molar-refractivity contribution in [1.29, 1.82) is 0 Å². The summed E-state index contributed by atoms with van der Waals surface area (Å²) >= 11 is 0. The summed E-state index contributed by atoms with van der Waals surface area (Å²) in [4.78, 5) is 0. The second kappa shape index (κ2) is 9.06. The molecular weight excluding hydrogens is 278 g/mol. The summed E-state index contributed by atoms with van der Waals surface area (Å²) in [6.07, 6.45) is 4.59. The molecule has 1 aromatic carbocycles. The fourth-order valence-corrected chi connectivity index (χ4v) is 2.36. The van der Waals surface area contributed by atoms with Gasteiger partial charge in [0.1, 0.15) is 24.2 Å². The highest BCUT2D eigenvalue weighted by Gasteiger charge is 2.15. The first-order valence-corrected chi connectivity index (χ1v) is 6.96. The highest BCUT2D eigenvalue weighted by atomic mass is 35.5. The fourth-order valence-electron chi connectivity index (χ4n) is 2.36. The van der Waals surface area contributed by atoms with Crippen molar-refractivity contribution in [2.24, 2.45) is 0 Å². The van der Waals surface area contributed by atoms with Crippen LogP contribution in [0.5, 0.6) is 11.5 Å². The third-order valence-corrected chi connectivity index (χ3v) is 3.50. The number of halogens is 1. The summed E-state index contributed by atoms with van der Waals surface area (Å²) < 4.78 is 10.6. The van der Waals surface area contributed by atoms with Gasteiger partial charge in [-0.05, 0) is 37.1 Å². The highest BCUT2D eigenvalue weighted by molar-refractivity contribution is 5.85. The van der Waals surface area contributed by atoms with Gasteiger partial charge in [0, 0.05) is 12.6 Å². The molecule has 1 aliphatic carbocycles. The van der Waals surface area contributed by atoms with Crippen molar-refractivity contribution in [2.45, 2.75) is 37.8 Å². The second-order valence-electron chi connectivity index (χ2n) is 5.03. The Hall–Kier alpha value is -0.970. The van der Waals surface area contributed by atoms with Crippen molar-refractivity contribution in [2.75, 3.05) is 20.3 Å². The molecule has 2 rings (SSSR count). The van der Waals surface area contributed by atoms with Gasteiger partial charge in [-0.2, -0.15) is 0 Å². The monoisotopic (exact) mass is 301 g/mol. The van der Waals surface area contributed by atoms with E-state index in [9.17, 15) is 5.11 Å². The number of hydrogen-bond donors (Lipinski definition) is 2. The van der Waals surface area contributed by atoms with Crippen LogP contribution in [0.3, 0.4) is 0 Å². The maximum atomic E-state index is 9.86. The molecule has 1 fully saturated rings. The fraction of sp³-hybridized carbons (Fsp3) is 0.600. The van der Waals surface area contributed by atoms with Crippen molar-refractivity contribution >= 4 is 12.4 Å². The third kappa shape index (κ3) is 5.57. The predicted octanol–water partition coefficient (Wildman–Crippen LogP) is 2.39. The molecule has 1 aromatic rings. The molecule has 1 saturated carbocycles. The quantitative estimate of drug-likeness (QED) is 0.812. The lowest BCUT2D eigenvalue weighted by atomic mass is 10.2. The molecule has 20 heavy (non-hydrogen) atoms. The zero-order chi connectivity index (χ0) is 13.5. The molecule has 4 nitrogen and oxygen atoms in total. The van der Waals surface area contributed by atoms with Gasteiger partial charge in [-0.3, -0.25) is 0 Å². The molecule has 1 atom stereocenters. The maximum Gasteiger partial charge on any atom is 0.119 e. The Balaban J connectivity index is 0.00000200. The molecule has 0 aliphatic heterocycles. The Morgan fingerprint density at radius 1 is 1.20 bits per heavy atom. The van der Waals surface area contributed by atoms with Gasteiger partial charge in [0.15, 0.2) is 0 Å². The van der Waals surface area contributed by atoms with Gasteiger partial charge >= 0.3 is 0 Å². The standard InChI is InChI=1S/C15H23NO3.ClH/c1-18-14-6-8-15(9-7-14)19-11-13(17)10-16-12-4-2-3-5-12;/h6-9,12-13,16-17H,2-5,10-11H2,1H3;1H. The largest absolute Gasteiger partial charge is 0.497 e. The topological polar surface area (TPSA) is 50.7 Å². The zero-order valence-corrected chi connectivity index (χ0v) is 12.7. The van der Waals surface area contributed by atoms with E-state index in [1.165, 1.54) is 25.7 Å². The summed E-state index contributed by atoms with van der Waals surface area (Å²) in [6, 6.07) is 7.96. The van der Waals surface area contributed by atoms with Crippen LogP contribution in [-0.4, -0.2) is 37.5 Å². The summed E-state index contributed by atoms with van der Waals surface area (Å²) in [5.74, 6) is 1.55. The number of methoxy groups -OCH3 is 1. The van der Waals surface area contributed by atoms with Gasteiger partial charge in [-0.15, -0.1) is 12.4 Å². The Morgan fingerprint density at radius 2 is 1.80 bits per heavy atom. The molecule has 1 unspecified atom stereocenters. The van der Waals surface area contributed by atoms with Crippen LogP contribution in [-0.2, 0) is 0 Å². The number of ether oxygens (including phenoxy) is 2. The Bertz CT molecular complexity index is 366. The summed E-state index contributed by atoms with van der Waals surface area (Å²) in [6.45, 7) is 0.910. The van der Waals surface area contributed by atoms with Crippen LogP contribution in [0.4, 0.5) is 0 Å².